The van der Waals surface area contributed by atoms with Crippen molar-refractivity contribution in [3.05, 3.63) is 65.0 Å². The highest BCUT2D eigenvalue weighted by Crippen LogP contribution is 2.23. The van der Waals surface area contributed by atoms with Crippen molar-refractivity contribution in [3.8, 4) is 6.07 Å². The van der Waals surface area contributed by atoms with Gasteiger partial charge in [-0.15, -0.1) is 0 Å². The molecule has 1 aromatic carbocycles. The average molecular weight is 272 g/mol. The van der Waals surface area contributed by atoms with E-state index < -0.39 is 16.0 Å². The number of aromatic nitrogens is 1. The van der Waals surface area contributed by atoms with Gasteiger partial charge in [0, 0.05) is 12.1 Å². The van der Waals surface area contributed by atoms with Crippen molar-refractivity contribution in [2.75, 3.05) is 0 Å². The predicted octanol–water partition coefficient (Wildman–Crippen LogP) is 2.00. The second kappa shape index (κ2) is 5.63. The van der Waals surface area contributed by atoms with Crippen LogP contribution in [0.15, 0.2) is 53.7 Å². The van der Waals surface area contributed by atoms with Crippen LogP contribution in [0.25, 0.3) is 0 Å². The summed E-state index contributed by atoms with van der Waals surface area (Å²) in [4.78, 5) is 0. The van der Waals surface area contributed by atoms with Crippen LogP contribution in [0.3, 0.4) is 0 Å². The minimum atomic E-state index is -1.70. The maximum atomic E-state index is 12.4. The molecule has 0 saturated heterocycles. The fraction of sp³-hybridized carbons (Fsp3) is 0.143. The average Bonchev–Trinajstić information content (AvgIpc) is 2.40. The first kappa shape index (κ1) is 13.2. The molecule has 1 heterocycles. The number of hydrogen-bond donors (Lipinski definition) is 0. The van der Waals surface area contributed by atoms with Gasteiger partial charge >= 0.3 is 0 Å². The van der Waals surface area contributed by atoms with Crippen molar-refractivity contribution in [2.24, 2.45) is 0 Å². The van der Waals surface area contributed by atoms with Crippen LogP contribution in [0.5, 0.6) is 0 Å². The number of aryl methyl sites for hydroxylation is 1. The quantitative estimate of drug-likeness (QED) is 0.634. The Bertz CT molecular complexity index is 664. The lowest BCUT2D eigenvalue weighted by molar-refractivity contribution is -0.646. The summed E-state index contributed by atoms with van der Waals surface area (Å²) in [5.74, 6) is 0. The van der Waals surface area contributed by atoms with Crippen molar-refractivity contribution in [1.82, 2.24) is 0 Å². The Labute approximate surface area is 114 Å². The smallest absolute Gasteiger partial charge is 0.283 e. The Morgan fingerprint density at radius 3 is 2.74 bits per heavy atom. The van der Waals surface area contributed by atoms with E-state index in [4.69, 9.17) is 0 Å². The monoisotopic (exact) mass is 272 g/mol. The van der Waals surface area contributed by atoms with Crippen molar-refractivity contribution in [2.45, 2.75) is 17.2 Å². The molecule has 4 nitrogen and oxygen atoms in total. The third kappa shape index (κ3) is 2.80. The van der Waals surface area contributed by atoms with Gasteiger partial charge in [-0.2, -0.15) is 9.99 Å². The van der Waals surface area contributed by atoms with E-state index in [1.807, 2.05) is 31.2 Å². The van der Waals surface area contributed by atoms with Gasteiger partial charge in [-0.3, -0.25) is 0 Å². The maximum Gasteiger partial charge on any atom is 0.283 e. The van der Waals surface area contributed by atoms with Gasteiger partial charge in [-0.25, -0.2) is 4.21 Å². The normalized spacial score (nSPS) is 13.5. The van der Waals surface area contributed by atoms with Crippen LogP contribution in [0.4, 0.5) is 0 Å². The van der Waals surface area contributed by atoms with Crippen LogP contribution in [0.2, 0.25) is 0 Å². The van der Waals surface area contributed by atoms with Gasteiger partial charge in [0.1, 0.15) is 10.8 Å². The lowest BCUT2D eigenvalue weighted by Gasteiger charge is -2.09. The second-order valence-electron chi connectivity index (χ2n) is 4.09. The van der Waals surface area contributed by atoms with E-state index in [0.29, 0.717) is 10.3 Å². The molecule has 0 bridgehead atoms. The first-order chi connectivity index (χ1) is 9.13. The fourth-order valence-corrected chi connectivity index (χ4v) is 2.95. The molecule has 0 aliphatic heterocycles. The van der Waals surface area contributed by atoms with Crippen LogP contribution < -0.4 is 4.73 Å². The summed E-state index contributed by atoms with van der Waals surface area (Å²) in [6, 6.07) is 13.9. The van der Waals surface area contributed by atoms with Gasteiger partial charge in [0.2, 0.25) is 0 Å². The fourth-order valence-electron chi connectivity index (χ4n) is 1.77. The molecule has 0 N–H and O–H groups in total. The summed E-state index contributed by atoms with van der Waals surface area (Å²) < 4.78 is 12.9. The predicted molar refractivity (Wildman–Crippen MR) is 71.3 cm³/mol. The summed E-state index contributed by atoms with van der Waals surface area (Å²) in [6.45, 7) is 1.90. The van der Waals surface area contributed by atoms with Gasteiger partial charge < -0.3 is 5.21 Å². The zero-order valence-corrected chi connectivity index (χ0v) is 11.1. The maximum absolute atomic E-state index is 12.4. The Hall–Kier alpha value is -2.19. The van der Waals surface area contributed by atoms with Crippen LogP contribution in [-0.4, -0.2) is 4.21 Å². The Morgan fingerprint density at radius 1 is 1.32 bits per heavy atom. The molecule has 96 valence electrons. The molecule has 0 aliphatic rings. The van der Waals surface area contributed by atoms with Crippen LogP contribution in [-0.2, 0) is 10.8 Å². The van der Waals surface area contributed by atoms with E-state index in [9.17, 15) is 14.7 Å². The molecule has 0 fully saturated rings. The molecular weight excluding hydrogens is 260 g/mol. The Balaban J connectivity index is 2.42. The van der Waals surface area contributed by atoms with Gasteiger partial charge in [-0.05, 0) is 18.6 Å². The summed E-state index contributed by atoms with van der Waals surface area (Å²) in [6.07, 6.45) is 1.28. The van der Waals surface area contributed by atoms with E-state index in [1.54, 1.807) is 18.2 Å². The van der Waals surface area contributed by atoms with E-state index in [1.165, 1.54) is 12.3 Å². The number of nitrogens with zero attached hydrogens (tertiary/aromatic N) is 2. The SMILES string of the molecule is Cc1cccc(C(C#N)S(=O)c2cccc[n+]2[O-])c1. The molecule has 0 amide bonds. The number of hydrogen-bond acceptors (Lipinski definition) is 3. The highest BCUT2D eigenvalue weighted by atomic mass is 32.2. The molecule has 0 spiro atoms. The van der Waals surface area contributed by atoms with Crippen molar-refractivity contribution in [1.29, 1.82) is 5.26 Å². The third-order valence-corrected chi connectivity index (χ3v) is 4.20. The van der Waals surface area contributed by atoms with Gasteiger partial charge in [0.05, 0.1) is 6.07 Å². The molecular formula is C14H12N2O2S. The molecule has 0 radical (unpaired) electrons. The Kier molecular flexibility index (Phi) is 3.93. The number of pyridine rings is 1. The van der Waals surface area contributed by atoms with Crippen LogP contribution in [0, 0.1) is 23.5 Å². The molecule has 2 atom stereocenters. The van der Waals surface area contributed by atoms with E-state index >= 15 is 0 Å². The van der Waals surface area contributed by atoms with Gasteiger partial charge in [0.25, 0.3) is 5.03 Å². The van der Waals surface area contributed by atoms with Crippen LogP contribution in [0.1, 0.15) is 16.4 Å². The minimum absolute atomic E-state index is 0.0931. The van der Waals surface area contributed by atoms with Crippen molar-refractivity contribution in [3.63, 3.8) is 0 Å². The molecule has 2 aromatic rings. The zero-order chi connectivity index (χ0) is 13.8. The lowest BCUT2D eigenvalue weighted by atomic mass is 10.1. The molecule has 19 heavy (non-hydrogen) atoms. The highest BCUT2D eigenvalue weighted by Gasteiger charge is 2.25. The first-order valence-corrected chi connectivity index (χ1v) is 6.89. The molecule has 0 aliphatic carbocycles. The van der Waals surface area contributed by atoms with Gasteiger partial charge in [0.15, 0.2) is 11.4 Å². The van der Waals surface area contributed by atoms with E-state index in [-0.39, 0.29) is 5.03 Å². The summed E-state index contributed by atoms with van der Waals surface area (Å²) in [7, 11) is -1.70. The molecule has 5 heteroatoms. The summed E-state index contributed by atoms with van der Waals surface area (Å²) in [5, 5.41) is 20.1. The number of rotatable bonds is 3. The second-order valence-corrected chi connectivity index (χ2v) is 5.57. The first-order valence-electron chi connectivity index (χ1n) is 5.68. The number of benzene rings is 1. The molecule has 2 rings (SSSR count). The summed E-state index contributed by atoms with van der Waals surface area (Å²) >= 11 is 0. The highest BCUT2D eigenvalue weighted by molar-refractivity contribution is 7.85. The third-order valence-electron chi connectivity index (χ3n) is 2.67. The zero-order valence-electron chi connectivity index (χ0n) is 10.3. The van der Waals surface area contributed by atoms with E-state index in [0.717, 1.165) is 5.56 Å². The van der Waals surface area contributed by atoms with Crippen molar-refractivity contribution >= 4 is 10.8 Å². The van der Waals surface area contributed by atoms with Crippen molar-refractivity contribution < 1.29 is 8.94 Å². The van der Waals surface area contributed by atoms with Crippen LogP contribution >= 0.6 is 0 Å². The summed E-state index contributed by atoms with van der Waals surface area (Å²) in [5.41, 5.74) is 1.64. The topological polar surface area (TPSA) is 67.8 Å². The number of nitriles is 1. The Morgan fingerprint density at radius 2 is 2.11 bits per heavy atom. The molecule has 0 saturated carbocycles. The standard InChI is InChI=1S/C14H12N2O2S/c1-11-5-4-6-12(9-11)13(10-15)19(18)14-7-2-3-8-16(14)17/h2-9,13H,1H3. The van der Waals surface area contributed by atoms with E-state index in [2.05, 4.69) is 0 Å². The minimum Gasteiger partial charge on any atom is -0.618 e. The lowest BCUT2D eigenvalue weighted by Crippen LogP contribution is -2.32. The largest absolute Gasteiger partial charge is 0.618 e. The molecule has 2 unspecified atom stereocenters. The molecule has 1 aromatic heterocycles. The van der Waals surface area contributed by atoms with Gasteiger partial charge in [-0.1, -0.05) is 29.8 Å².